The van der Waals surface area contributed by atoms with Crippen LogP contribution >= 0.6 is 0 Å². The molecule has 0 bridgehead atoms. The van der Waals surface area contributed by atoms with Crippen LogP contribution in [0.25, 0.3) is 0 Å². The van der Waals surface area contributed by atoms with Crippen LogP contribution in [-0.2, 0) is 10.2 Å². The number of nitrogens with zero attached hydrogens (tertiary/aromatic N) is 1. The van der Waals surface area contributed by atoms with E-state index >= 15 is 0 Å². The third-order valence-electron chi connectivity index (χ3n) is 2.72. The Morgan fingerprint density at radius 1 is 1.28 bits per heavy atom. The third kappa shape index (κ3) is 3.69. The van der Waals surface area contributed by atoms with Crippen LogP contribution in [0.1, 0.15) is 32.4 Å². The highest BCUT2D eigenvalue weighted by atomic mass is 32.2. The van der Waals surface area contributed by atoms with Crippen molar-refractivity contribution in [1.29, 1.82) is 0 Å². The van der Waals surface area contributed by atoms with Gasteiger partial charge in [-0.05, 0) is 38.5 Å². The van der Waals surface area contributed by atoms with Crippen molar-refractivity contribution >= 4 is 15.9 Å². The van der Waals surface area contributed by atoms with E-state index < -0.39 is 16.3 Å². The number of hydrogen-bond donors (Lipinski definition) is 2. The van der Waals surface area contributed by atoms with Crippen molar-refractivity contribution in [2.75, 3.05) is 11.8 Å². The van der Waals surface area contributed by atoms with Crippen LogP contribution in [0, 0.1) is 0 Å². The minimum Gasteiger partial charge on any atom is -0.389 e. The molecule has 0 fully saturated rings. The van der Waals surface area contributed by atoms with E-state index in [1.165, 1.54) is 11.4 Å². The van der Waals surface area contributed by atoms with Gasteiger partial charge in [0.05, 0.1) is 11.8 Å². The molecule has 0 amide bonds. The summed E-state index contributed by atoms with van der Waals surface area (Å²) in [5, 5.41) is 9.46. The topological polar surface area (TPSA) is 69.6 Å². The Balaban J connectivity index is 2.94. The van der Waals surface area contributed by atoms with Crippen molar-refractivity contribution in [2.45, 2.75) is 32.9 Å². The van der Waals surface area contributed by atoms with Gasteiger partial charge in [-0.25, -0.2) is 0 Å². The number of anilines is 1. The Kier molecular flexibility index (Phi) is 4.72. The molecule has 0 spiro atoms. The molecular formula is C12H20N2O3S. The van der Waals surface area contributed by atoms with Crippen LogP contribution in [-0.4, -0.2) is 30.9 Å². The van der Waals surface area contributed by atoms with Gasteiger partial charge in [0.15, 0.2) is 0 Å². The average Bonchev–Trinajstić information content (AvgIpc) is 2.27. The van der Waals surface area contributed by atoms with Crippen molar-refractivity contribution in [2.24, 2.45) is 0 Å². The van der Waals surface area contributed by atoms with Gasteiger partial charge >= 0.3 is 10.2 Å². The summed E-state index contributed by atoms with van der Waals surface area (Å²) in [4.78, 5) is 0. The molecule has 1 atom stereocenters. The van der Waals surface area contributed by atoms with Gasteiger partial charge in [-0.1, -0.05) is 12.1 Å². The quantitative estimate of drug-likeness (QED) is 0.857. The summed E-state index contributed by atoms with van der Waals surface area (Å²) in [5.74, 6) is 0. The first-order valence-corrected chi connectivity index (χ1v) is 7.22. The summed E-state index contributed by atoms with van der Waals surface area (Å²) in [7, 11) is -2.03. The van der Waals surface area contributed by atoms with E-state index in [4.69, 9.17) is 0 Å². The Bertz CT molecular complexity index is 498. The van der Waals surface area contributed by atoms with E-state index in [9.17, 15) is 13.5 Å². The third-order valence-corrected chi connectivity index (χ3v) is 4.40. The zero-order valence-corrected chi connectivity index (χ0v) is 11.9. The number of aliphatic hydroxyl groups is 1. The molecule has 0 aliphatic heterocycles. The predicted molar refractivity (Wildman–Crippen MR) is 72.5 cm³/mol. The molecule has 1 rings (SSSR count). The highest BCUT2D eigenvalue weighted by Crippen LogP contribution is 2.18. The SMILES string of the molecule is CC(O)c1cccc(NS(=O)(=O)N(C)C(C)C)c1. The molecule has 0 aliphatic carbocycles. The number of benzene rings is 1. The maximum atomic E-state index is 12.0. The minimum absolute atomic E-state index is 0.123. The number of nitrogens with one attached hydrogen (secondary N) is 1. The standard InChI is InChI=1S/C12H20N2O3S/c1-9(2)14(4)18(16,17)13-12-7-5-6-11(8-12)10(3)15/h5-10,13,15H,1-4H3. The summed E-state index contributed by atoms with van der Waals surface area (Å²) >= 11 is 0. The molecule has 0 aromatic heterocycles. The minimum atomic E-state index is -3.55. The maximum absolute atomic E-state index is 12.0. The highest BCUT2D eigenvalue weighted by Gasteiger charge is 2.20. The van der Waals surface area contributed by atoms with Crippen LogP contribution in [0.5, 0.6) is 0 Å². The van der Waals surface area contributed by atoms with E-state index in [0.29, 0.717) is 11.3 Å². The fraction of sp³-hybridized carbons (Fsp3) is 0.500. The first kappa shape index (κ1) is 14.9. The van der Waals surface area contributed by atoms with Crippen molar-refractivity contribution in [1.82, 2.24) is 4.31 Å². The molecule has 0 saturated carbocycles. The van der Waals surface area contributed by atoms with Gasteiger partial charge in [0.1, 0.15) is 0 Å². The first-order valence-electron chi connectivity index (χ1n) is 5.78. The summed E-state index contributed by atoms with van der Waals surface area (Å²) in [6, 6.07) is 6.60. The van der Waals surface area contributed by atoms with Crippen molar-refractivity contribution in [3.05, 3.63) is 29.8 Å². The molecule has 1 aromatic rings. The summed E-state index contributed by atoms with van der Waals surface area (Å²) in [6.07, 6.45) is -0.628. The second-order valence-electron chi connectivity index (χ2n) is 4.52. The number of rotatable bonds is 5. The molecule has 102 valence electrons. The summed E-state index contributed by atoms with van der Waals surface area (Å²) in [6.45, 7) is 5.23. The van der Waals surface area contributed by atoms with Gasteiger partial charge in [0, 0.05) is 13.1 Å². The maximum Gasteiger partial charge on any atom is 0.301 e. The molecule has 2 N–H and O–H groups in total. The fourth-order valence-electron chi connectivity index (χ4n) is 1.36. The van der Waals surface area contributed by atoms with E-state index in [1.54, 1.807) is 45.0 Å². The lowest BCUT2D eigenvalue weighted by Crippen LogP contribution is -2.37. The van der Waals surface area contributed by atoms with Crippen LogP contribution in [0.15, 0.2) is 24.3 Å². The normalized spacial score (nSPS) is 13.9. The first-order chi connectivity index (χ1) is 8.24. The van der Waals surface area contributed by atoms with Gasteiger partial charge in [-0.3, -0.25) is 4.72 Å². The smallest absolute Gasteiger partial charge is 0.301 e. The largest absolute Gasteiger partial charge is 0.389 e. The summed E-state index contributed by atoms with van der Waals surface area (Å²) in [5.41, 5.74) is 1.11. The average molecular weight is 272 g/mol. The Morgan fingerprint density at radius 2 is 1.89 bits per heavy atom. The zero-order valence-electron chi connectivity index (χ0n) is 11.1. The van der Waals surface area contributed by atoms with Crippen molar-refractivity contribution < 1.29 is 13.5 Å². The van der Waals surface area contributed by atoms with Crippen molar-refractivity contribution in [3.63, 3.8) is 0 Å². The second-order valence-corrected chi connectivity index (χ2v) is 6.25. The van der Waals surface area contributed by atoms with Gasteiger partial charge in [0.25, 0.3) is 0 Å². The zero-order chi connectivity index (χ0) is 13.9. The molecule has 6 heteroatoms. The molecule has 0 aliphatic rings. The predicted octanol–water partition coefficient (Wildman–Crippen LogP) is 1.74. The molecule has 1 aromatic carbocycles. The van der Waals surface area contributed by atoms with Crippen LogP contribution in [0.2, 0.25) is 0 Å². The molecule has 0 radical (unpaired) electrons. The molecule has 18 heavy (non-hydrogen) atoms. The van der Waals surface area contributed by atoms with E-state index in [2.05, 4.69) is 4.72 Å². The molecule has 0 saturated heterocycles. The van der Waals surface area contributed by atoms with E-state index in [-0.39, 0.29) is 6.04 Å². The second kappa shape index (κ2) is 5.69. The molecule has 5 nitrogen and oxygen atoms in total. The lowest BCUT2D eigenvalue weighted by atomic mass is 10.1. The molecule has 1 unspecified atom stereocenters. The van der Waals surface area contributed by atoms with E-state index in [0.717, 1.165) is 0 Å². The lowest BCUT2D eigenvalue weighted by molar-refractivity contribution is 0.199. The Labute approximate surface area is 109 Å². The van der Waals surface area contributed by atoms with Gasteiger partial charge in [0.2, 0.25) is 0 Å². The van der Waals surface area contributed by atoms with Gasteiger partial charge in [-0.15, -0.1) is 0 Å². The fourth-order valence-corrected chi connectivity index (χ4v) is 2.48. The van der Waals surface area contributed by atoms with Gasteiger partial charge < -0.3 is 5.11 Å². The monoisotopic (exact) mass is 272 g/mol. The van der Waals surface area contributed by atoms with Crippen LogP contribution in [0.4, 0.5) is 5.69 Å². The number of aliphatic hydroxyl groups excluding tert-OH is 1. The van der Waals surface area contributed by atoms with Crippen LogP contribution < -0.4 is 4.72 Å². The molecular weight excluding hydrogens is 252 g/mol. The van der Waals surface area contributed by atoms with E-state index in [1.807, 2.05) is 0 Å². The highest BCUT2D eigenvalue weighted by molar-refractivity contribution is 7.90. The van der Waals surface area contributed by atoms with Crippen molar-refractivity contribution in [3.8, 4) is 0 Å². The number of hydrogen-bond acceptors (Lipinski definition) is 3. The van der Waals surface area contributed by atoms with Crippen LogP contribution in [0.3, 0.4) is 0 Å². The Morgan fingerprint density at radius 3 is 2.39 bits per heavy atom. The summed E-state index contributed by atoms with van der Waals surface area (Å²) < 4.78 is 27.7. The lowest BCUT2D eigenvalue weighted by Gasteiger charge is -2.22. The van der Waals surface area contributed by atoms with Gasteiger partial charge in [-0.2, -0.15) is 12.7 Å². The Hall–Kier alpha value is -1.11. The molecule has 0 heterocycles.